The van der Waals surface area contributed by atoms with E-state index < -0.39 is 11.9 Å². The lowest BCUT2D eigenvalue weighted by Crippen LogP contribution is -2.31. The fourth-order valence-electron chi connectivity index (χ4n) is 2.09. The van der Waals surface area contributed by atoms with Crippen LogP contribution in [0.3, 0.4) is 0 Å². The highest BCUT2D eigenvalue weighted by atomic mass is 19.1. The Bertz CT molecular complexity index is 459. The van der Waals surface area contributed by atoms with Crippen LogP contribution in [0.15, 0.2) is 24.3 Å². The second-order valence-corrected chi connectivity index (χ2v) is 5.53. The second kappa shape index (κ2) is 4.69. The molecule has 1 fully saturated rings. The van der Waals surface area contributed by atoms with E-state index in [2.05, 4.69) is 5.32 Å². The van der Waals surface area contributed by atoms with Crippen molar-refractivity contribution < 1.29 is 14.3 Å². The van der Waals surface area contributed by atoms with Crippen molar-refractivity contribution in [2.75, 3.05) is 6.54 Å². The summed E-state index contributed by atoms with van der Waals surface area (Å²) in [5.41, 5.74) is 0.278. The van der Waals surface area contributed by atoms with Crippen LogP contribution < -0.4 is 5.32 Å². The van der Waals surface area contributed by atoms with E-state index >= 15 is 0 Å². The molecule has 18 heavy (non-hydrogen) atoms. The van der Waals surface area contributed by atoms with Crippen LogP contribution in [0.5, 0.6) is 0 Å². The van der Waals surface area contributed by atoms with Gasteiger partial charge in [0.25, 0.3) is 0 Å². The summed E-state index contributed by atoms with van der Waals surface area (Å²) in [7, 11) is 0. The molecule has 2 rings (SSSR count). The normalized spacial score (nSPS) is 22.3. The Morgan fingerprint density at radius 1 is 1.56 bits per heavy atom. The zero-order valence-electron chi connectivity index (χ0n) is 10.6. The Hall–Kier alpha value is -1.42. The van der Waals surface area contributed by atoms with Gasteiger partial charge in [0, 0.05) is 18.0 Å². The van der Waals surface area contributed by atoms with Gasteiger partial charge in [-0.15, -0.1) is 0 Å². The van der Waals surface area contributed by atoms with Crippen LogP contribution in [-0.2, 0) is 4.79 Å². The molecular formula is C14H18FNO2. The molecule has 1 amide bonds. The fourth-order valence-corrected chi connectivity index (χ4v) is 2.09. The van der Waals surface area contributed by atoms with E-state index in [-0.39, 0.29) is 29.3 Å². The van der Waals surface area contributed by atoms with Crippen molar-refractivity contribution in [1.82, 2.24) is 5.32 Å². The van der Waals surface area contributed by atoms with Crippen LogP contribution >= 0.6 is 0 Å². The molecule has 0 aromatic heterocycles. The van der Waals surface area contributed by atoms with E-state index in [1.54, 1.807) is 12.1 Å². The Morgan fingerprint density at radius 2 is 2.17 bits per heavy atom. The molecule has 2 N–H and O–H groups in total. The molecule has 1 saturated carbocycles. The van der Waals surface area contributed by atoms with Crippen LogP contribution in [0, 0.1) is 17.2 Å². The first kappa shape index (κ1) is 13.0. The number of carbonyl (C=O) groups excluding carboxylic acids is 1. The first-order valence-corrected chi connectivity index (χ1v) is 6.12. The van der Waals surface area contributed by atoms with Gasteiger partial charge in [-0.25, -0.2) is 4.39 Å². The van der Waals surface area contributed by atoms with Gasteiger partial charge in [-0.2, -0.15) is 0 Å². The van der Waals surface area contributed by atoms with Gasteiger partial charge in [-0.3, -0.25) is 4.79 Å². The van der Waals surface area contributed by atoms with Gasteiger partial charge in [-0.05, 0) is 17.9 Å². The van der Waals surface area contributed by atoms with Crippen molar-refractivity contribution >= 4 is 5.91 Å². The standard InChI is InChI=1S/C14H18FNO2/c1-14(2)7-10(14)13(18)16-8-12(17)9-5-3-4-6-11(9)15/h3-6,10,12,17H,7-8H2,1-2H3,(H,16,18). The van der Waals surface area contributed by atoms with Crippen molar-refractivity contribution in [1.29, 1.82) is 0 Å². The predicted molar refractivity (Wildman–Crippen MR) is 66.3 cm³/mol. The van der Waals surface area contributed by atoms with Gasteiger partial charge in [0.15, 0.2) is 0 Å². The van der Waals surface area contributed by atoms with Gasteiger partial charge < -0.3 is 10.4 Å². The van der Waals surface area contributed by atoms with Crippen molar-refractivity contribution in [3.05, 3.63) is 35.6 Å². The third kappa shape index (κ3) is 2.70. The molecule has 3 nitrogen and oxygen atoms in total. The summed E-state index contributed by atoms with van der Waals surface area (Å²) in [6.45, 7) is 4.11. The minimum atomic E-state index is -1.00. The molecule has 0 aliphatic heterocycles. The summed E-state index contributed by atoms with van der Waals surface area (Å²) in [6.07, 6.45) is -0.133. The van der Waals surface area contributed by atoms with Crippen LogP contribution in [0.4, 0.5) is 4.39 Å². The third-order valence-corrected chi connectivity index (χ3v) is 3.56. The Balaban J connectivity index is 1.88. The van der Waals surface area contributed by atoms with E-state index in [0.717, 1.165) is 6.42 Å². The minimum absolute atomic E-state index is 0.0188. The average Bonchev–Trinajstić information content (AvgIpc) is 2.96. The first-order valence-electron chi connectivity index (χ1n) is 6.12. The molecule has 4 heteroatoms. The predicted octanol–water partition coefficient (Wildman–Crippen LogP) is 2.02. The third-order valence-electron chi connectivity index (χ3n) is 3.56. The number of rotatable bonds is 4. The molecule has 2 unspecified atom stereocenters. The molecule has 1 aliphatic carbocycles. The minimum Gasteiger partial charge on any atom is -0.386 e. The molecule has 1 aliphatic rings. The number of nitrogens with one attached hydrogen (secondary N) is 1. The van der Waals surface area contributed by atoms with E-state index in [4.69, 9.17) is 0 Å². The number of carbonyl (C=O) groups is 1. The van der Waals surface area contributed by atoms with E-state index in [0.29, 0.717) is 0 Å². The molecule has 0 spiro atoms. The molecular weight excluding hydrogens is 233 g/mol. The smallest absolute Gasteiger partial charge is 0.223 e. The number of hydrogen-bond donors (Lipinski definition) is 2. The molecule has 98 valence electrons. The highest BCUT2D eigenvalue weighted by Crippen LogP contribution is 2.51. The van der Waals surface area contributed by atoms with Gasteiger partial charge in [-0.1, -0.05) is 32.0 Å². The number of halogens is 1. The van der Waals surface area contributed by atoms with Crippen molar-refractivity contribution in [3.8, 4) is 0 Å². The summed E-state index contributed by atoms with van der Waals surface area (Å²) in [5.74, 6) is -0.494. The van der Waals surface area contributed by atoms with E-state index in [9.17, 15) is 14.3 Å². The maximum Gasteiger partial charge on any atom is 0.223 e. The zero-order chi connectivity index (χ0) is 13.3. The molecule has 1 aromatic carbocycles. The Morgan fingerprint density at radius 3 is 2.72 bits per heavy atom. The van der Waals surface area contributed by atoms with Crippen LogP contribution in [0.25, 0.3) is 0 Å². The average molecular weight is 251 g/mol. The summed E-state index contributed by atoms with van der Waals surface area (Å²) in [5, 5.41) is 12.5. The number of benzene rings is 1. The highest BCUT2D eigenvalue weighted by Gasteiger charge is 2.50. The zero-order valence-corrected chi connectivity index (χ0v) is 10.6. The molecule has 2 atom stereocenters. The largest absolute Gasteiger partial charge is 0.386 e. The monoisotopic (exact) mass is 251 g/mol. The fraction of sp³-hybridized carbons (Fsp3) is 0.500. The summed E-state index contributed by atoms with van der Waals surface area (Å²) >= 11 is 0. The maximum absolute atomic E-state index is 13.4. The lowest BCUT2D eigenvalue weighted by molar-refractivity contribution is -0.123. The second-order valence-electron chi connectivity index (χ2n) is 5.53. The first-order chi connectivity index (χ1) is 8.42. The van der Waals surface area contributed by atoms with Crippen LogP contribution in [0.1, 0.15) is 31.9 Å². The molecule has 0 radical (unpaired) electrons. The number of aliphatic hydroxyl groups is 1. The Kier molecular flexibility index (Phi) is 3.39. The van der Waals surface area contributed by atoms with Crippen molar-refractivity contribution in [2.24, 2.45) is 11.3 Å². The van der Waals surface area contributed by atoms with E-state index in [1.807, 2.05) is 13.8 Å². The molecule has 1 aromatic rings. The van der Waals surface area contributed by atoms with Gasteiger partial charge in [0.2, 0.25) is 5.91 Å². The number of hydrogen-bond acceptors (Lipinski definition) is 2. The molecule has 0 heterocycles. The topological polar surface area (TPSA) is 49.3 Å². The van der Waals surface area contributed by atoms with Gasteiger partial charge >= 0.3 is 0 Å². The summed E-state index contributed by atoms with van der Waals surface area (Å²) in [4.78, 5) is 11.7. The number of aliphatic hydroxyl groups excluding tert-OH is 1. The van der Waals surface area contributed by atoms with Crippen molar-refractivity contribution in [2.45, 2.75) is 26.4 Å². The van der Waals surface area contributed by atoms with Crippen LogP contribution in [-0.4, -0.2) is 17.6 Å². The molecule has 0 saturated heterocycles. The quantitative estimate of drug-likeness (QED) is 0.860. The SMILES string of the molecule is CC1(C)CC1C(=O)NCC(O)c1ccccc1F. The van der Waals surface area contributed by atoms with E-state index in [1.165, 1.54) is 12.1 Å². The van der Waals surface area contributed by atoms with Crippen molar-refractivity contribution in [3.63, 3.8) is 0 Å². The summed E-state index contributed by atoms with van der Waals surface area (Å²) < 4.78 is 13.4. The number of amides is 1. The Labute approximate surface area is 106 Å². The lowest BCUT2D eigenvalue weighted by atomic mass is 10.1. The van der Waals surface area contributed by atoms with Gasteiger partial charge in [0.05, 0.1) is 6.10 Å². The lowest BCUT2D eigenvalue weighted by Gasteiger charge is -2.13. The summed E-state index contributed by atoms with van der Waals surface area (Å²) in [6, 6.07) is 6.04. The van der Waals surface area contributed by atoms with Gasteiger partial charge in [0.1, 0.15) is 5.82 Å². The highest BCUT2D eigenvalue weighted by molar-refractivity contribution is 5.82. The molecule has 0 bridgehead atoms. The maximum atomic E-state index is 13.4. The van der Waals surface area contributed by atoms with Crippen LogP contribution in [0.2, 0.25) is 0 Å².